The highest BCUT2D eigenvalue weighted by Gasteiger charge is 2.09. The van der Waals surface area contributed by atoms with Crippen molar-refractivity contribution in [2.45, 2.75) is 40.0 Å². The number of aryl methyl sites for hydroxylation is 2. The van der Waals surface area contributed by atoms with Crippen LogP contribution in [0, 0.1) is 13.8 Å². The van der Waals surface area contributed by atoms with E-state index in [0.717, 1.165) is 29.8 Å². The number of rotatable bonds is 7. The Labute approximate surface area is 137 Å². The number of nitrogens with one attached hydrogen (secondary N) is 2. The molecule has 2 rings (SSSR count). The van der Waals surface area contributed by atoms with Crippen LogP contribution in [0.2, 0.25) is 0 Å². The van der Waals surface area contributed by atoms with Gasteiger partial charge in [0.1, 0.15) is 17.8 Å². The highest BCUT2D eigenvalue weighted by molar-refractivity contribution is 6.03. The van der Waals surface area contributed by atoms with Crippen LogP contribution in [0.1, 0.15) is 47.8 Å². The molecule has 23 heavy (non-hydrogen) atoms. The summed E-state index contributed by atoms with van der Waals surface area (Å²) in [7, 11) is 0. The number of anilines is 2. The van der Waals surface area contributed by atoms with Crippen molar-refractivity contribution in [2.75, 3.05) is 17.2 Å². The molecule has 2 aromatic rings. The Morgan fingerprint density at radius 3 is 2.48 bits per heavy atom. The van der Waals surface area contributed by atoms with Crippen molar-refractivity contribution < 1.29 is 4.79 Å². The molecule has 0 aliphatic heterocycles. The second-order valence-electron chi connectivity index (χ2n) is 5.75. The van der Waals surface area contributed by atoms with Crippen molar-refractivity contribution in [3.8, 4) is 0 Å². The van der Waals surface area contributed by atoms with Gasteiger partial charge in [-0.25, -0.2) is 9.97 Å². The largest absolute Gasteiger partial charge is 0.370 e. The van der Waals surface area contributed by atoms with Crippen LogP contribution in [0.15, 0.2) is 30.6 Å². The first-order chi connectivity index (χ1) is 11.1. The summed E-state index contributed by atoms with van der Waals surface area (Å²) < 4.78 is 0. The van der Waals surface area contributed by atoms with Crippen molar-refractivity contribution in [1.29, 1.82) is 0 Å². The average Bonchev–Trinajstić information content (AvgIpc) is 2.51. The highest BCUT2D eigenvalue weighted by Crippen LogP contribution is 2.15. The lowest BCUT2D eigenvalue weighted by molar-refractivity contribution is 0.102. The predicted octanol–water partition coefficient (Wildman–Crippen LogP) is 3.95. The molecule has 0 saturated carbocycles. The summed E-state index contributed by atoms with van der Waals surface area (Å²) in [5.74, 6) is 0.454. The number of benzene rings is 1. The van der Waals surface area contributed by atoms with Gasteiger partial charge in [0.2, 0.25) is 0 Å². The van der Waals surface area contributed by atoms with E-state index in [1.807, 2.05) is 26.0 Å². The van der Waals surface area contributed by atoms with Crippen LogP contribution in [0.4, 0.5) is 11.5 Å². The third-order valence-corrected chi connectivity index (χ3v) is 3.47. The fourth-order valence-electron chi connectivity index (χ4n) is 2.41. The molecule has 0 radical (unpaired) electrons. The summed E-state index contributed by atoms with van der Waals surface area (Å²) in [5, 5.41) is 6.11. The third-order valence-electron chi connectivity index (χ3n) is 3.47. The van der Waals surface area contributed by atoms with Crippen LogP contribution in [0.5, 0.6) is 0 Å². The van der Waals surface area contributed by atoms with Crippen molar-refractivity contribution in [3.63, 3.8) is 0 Å². The maximum Gasteiger partial charge on any atom is 0.274 e. The van der Waals surface area contributed by atoms with E-state index in [2.05, 4.69) is 33.6 Å². The normalized spacial score (nSPS) is 10.4. The van der Waals surface area contributed by atoms with E-state index in [4.69, 9.17) is 0 Å². The van der Waals surface area contributed by atoms with E-state index >= 15 is 0 Å². The van der Waals surface area contributed by atoms with E-state index in [-0.39, 0.29) is 5.91 Å². The fraction of sp³-hybridized carbons (Fsp3) is 0.389. The average molecular weight is 312 g/mol. The van der Waals surface area contributed by atoms with Crippen LogP contribution in [-0.2, 0) is 0 Å². The summed E-state index contributed by atoms with van der Waals surface area (Å²) in [6.45, 7) is 7.03. The van der Waals surface area contributed by atoms with Crippen LogP contribution >= 0.6 is 0 Å². The first-order valence-electron chi connectivity index (χ1n) is 8.04. The van der Waals surface area contributed by atoms with Gasteiger partial charge in [-0.2, -0.15) is 0 Å². The predicted molar refractivity (Wildman–Crippen MR) is 93.9 cm³/mol. The van der Waals surface area contributed by atoms with Gasteiger partial charge in [-0.05, 0) is 43.5 Å². The number of amides is 1. The minimum Gasteiger partial charge on any atom is -0.370 e. The first-order valence-corrected chi connectivity index (χ1v) is 8.04. The van der Waals surface area contributed by atoms with Gasteiger partial charge in [-0.3, -0.25) is 4.79 Å². The van der Waals surface area contributed by atoms with Gasteiger partial charge < -0.3 is 10.6 Å². The summed E-state index contributed by atoms with van der Waals surface area (Å²) in [5.41, 5.74) is 3.36. The van der Waals surface area contributed by atoms with E-state index in [9.17, 15) is 4.79 Å². The molecular weight excluding hydrogens is 288 g/mol. The molecule has 0 unspecified atom stereocenters. The van der Waals surface area contributed by atoms with Gasteiger partial charge in [-0.1, -0.05) is 25.8 Å². The standard InChI is InChI=1S/C18H24N4O/c1-4-5-6-7-19-17-11-16(20-12-21-17)18(23)22-15-9-13(2)8-14(3)10-15/h8-12H,4-7H2,1-3H3,(H,22,23)(H,19,20,21). The number of nitrogens with zero attached hydrogens (tertiary/aromatic N) is 2. The summed E-state index contributed by atoms with van der Waals surface area (Å²) in [6, 6.07) is 7.63. The van der Waals surface area contributed by atoms with Gasteiger partial charge >= 0.3 is 0 Å². The van der Waals surface area contributed by atoms with E-state index in [0.29, 0.717) is 11.5 Å². The number of hydrogen-bond donors (Lipinski definition) is 2. The molecular formula is C18H24N4O. The van der Waals surface area contributed by atoms with Crippen LogP contribution < -0.4 is 10.6 Å². The smallest absolute Gasteiger partial charge is 0.274 e. The van der Waals surface area contributed by atoms with Gasteiger partial charge in [0.15, 0.2) is 0 Å². The molecule has 0 bridgehead atoms. The van der Waals surface area contributed by atoms with E-state index in [1.54, 1.807) is 6.07 Å². The number of aromatic nitrogens is 2. The zero-order chi connectivity index (χ0) is 16.7. The lowest BCUT2D eigenvalue weighted by atomic mass is 10.1. The molecule has 2 N–H and O–H groups in total. The fourth-order valence-corrected chi connectivity index (χ4v) is 2.41. The molecule has 5 heteroatoms. The Bertz CT molecular complexity index is 650. The van der Waals surface area contributed by atoms with Gasteiger partial charge in [0.25, 0.3) is 5.91 Å². The molecule has 0 atom stereocenters. The molecule has 1 amide bonds. The minimum atomic E-state index is -0.228. The number of carbonyl (C=O) groups is 1. The zero-order valence-corrected chi connectivity index (χ0v) is 14.0. The Morgan fingerprint density at radius 2 is 1.78 bits per heavy atom. The zero-order valence-electron chi connectivity index (χ0n) is 14.0. The van der Waals surface area contributed by atoms with Crippen molar-refractivity contribution in [1.82, 2.24) is 9.97 Å². The number of unbranched alkanes of at least 4 members (excludes halogenated alkanes) is 2. The molecule has 1 heterocycles. The molecule has 0 spiro atoms. The lowest BCUT2D eigenvalue weighted by Crippen LogP contribution is -2.15. The maximum absolute atomic E-state index is 12.3. The summed E-state index contributed by atoms with van der Waals surface area (Å²) in [6.07, 6.45) is 4.86. The second kappa shape index (κ2) is 8.27. The molecule has 0 aliphatic carbocycles. The Hall–Kier alpha value is -2.43. The minimum absolute atomic E-state index is 0.228. The van der Waals surface area contributed by atoms with E-state index in [1.165, 1.54) is 19.2 Å². The maximum atomic E-state index is 12.3. The molecule has 122 valence electrons. The second-order valence-corrected chi connectivity index (χ2v) is 5.75. The van der Waals surface area contributed by atoms with Crippen molar-refractivity contribution >= 4 is 17.4 Å². The SMILES string of the molecule is CCCCCNc1cc(C(=O)Nc2cc(C)cc(C)c2)ncn1. The highest BCUT2D eigenvalue weighted by atomic mass is 16.1. The molecule has 0 fully saturated rings. The Kier molecular flexibility index (Phi) is 6.09. The summed E-state index contributed by atoms with van der Waals surface area (Å²) in [4.78, 5) is 20.6. The topological polar surface area (TPSA) is 66.9 Å². The molecule has 0 aliphatic rings. The van der Waals surface area contributed by atoms with Crippen molar-refractivity contribution in [3.05, 3.63) is 47.4 Å². The Morgan fingerprint density at radius 1 is 1.04 bits per heavy atom. The van der Waals surface area contributed by atoms with Crippen LogP contribution in [-0.4, -0.2) is 22.4 Å². The van der Waals surface area contributed by atoms with Crippen molar-refractivity contribution in [2.24, 2.45) is 0 Å². The lowest BCUT2D eigenvalue weighted by Gasteiger charge is -2.09. The van der Waals surface area contributed by atoms with Crippen LogP contribution in [0.3, 0.4) is 0 Å². The number of carbonyl (C=O) groups excluding carboxylic acids is 1. The monoisotopic (exact) mass is 312 g/mol. The third kappa shape index (κ3) is 5.36. The van der Waals surface area contributed by atoms with Crippen LogP contribution in [0.25, 0.3) is 0 Å². The quantitative estimate of drug-likeness (QED) is 0.760. The number of hydrogen-bond acceptors (Lipinski definition) is 4. The molecule has 1 aromatic heterocycles. The van der Waals surface area contributed by atoms with Gasteiger partial charge in [-0.15, -0.1) is 0 Å². The van der Waals surface area contributed by atoms with Gasteiger partial charge in [0.05, 0.1) is 0 Å². The molecule has 0 saturated heterocycles. The molecule has 1 aromatic carbocycles. The van der Waals surface area contributed by atoms with Gasteiger partial charge in [0, 0.05) is 18.3 Å². The summed E-state index contributed by atoms with van der Waals surface area (Å²) >= 11 is 0. The Balaban J connectivity index is 2.01. The van der Waals surface area contributed by atoms with E-state index < -0.39 is 0 Å². The molecule has 5 nitrogen and oxygen atoms in total. The first kappa shape index (κ1) is 16.9.